The van der Waals surface area contributed by atoms with Gasteiger partial charge in [-0.05, 0) is 12.0 Å². The first kappa shape index (κ1) is 19.9. The van der Waals surface area contributed by atoms with Crippen LogP contribution in [0.25, 0.3) is 0 Å². The van der Waals surface area contributed by atoms with E-state index in [1.54, 1.807) is 7.11 Å². The fourth-order valence-corrected chi connectivity index (χ4v) is 2.70. The van der Waals surface area contributed by atoms with Crippen molar-refractivity contribution in [2.75, 3.05) is 33.4 Å². The summed E-state index contributed by atoms with van der Waals surface area (Å²) in [5.41, 5.74) is 6.74. The highest BCUT2D eigenvalue weighted by Gasteiger charge is 2.27. The number of benzene rings is 1. The number of hydrogen-bond donors (Lipinski definition) is 1. The molecule has 0 radical (unpaired) electrons. The topological polar surface area (TPSA) is 64.8 Å². The van der Waals surface area contributed by atoms with Crippen LogP contribution in [0.3, 0.4) is 0 Å². The summed E-state index contributed by atoms with van der Waals surface area (Å²) in [5.74, 6) is 0.550. The number of methoxy groups -OCH3 is 1. The lowest BCUT2D eigenvalue weighted by atomic mass is 10.1. The number of nitrogens with zero attached hydrogens (tertiary/aromatic N) is 1. The van der Waals surface area contributed by atoms with Crippen LogP contribution in [-0.4, -0.2) is 50.3 Å². The first-order chi connectivity index (χ1) is 10.7. The average Bonchev–Trinajstić information content (AvgIpc) is 3.02. The monoisotopic (exact) mass is 342 g/mol. The lowest BCUT2D eigenvalue weighted by Gasteiger charge is -2.19. The second-order valence-electron chi connectivity index (χ2n) is 5.79. The summed E-state index contributed by atoms with van der Waals surface area (Å²) in [6, 6.07) is 10.1. The van der Waals surface area contributed by atoms with Crippen molar-refractivity contribution >= 4 is 18.3 Å². The molecule has 0 aliphatic carbocycles. The summed E-state index contributed by atoms with van der Waals surface area (Å²) in [6.45, 7) is 3.28. The zero-order chi connectivity index (χ0) is 15.8. The average molecular weight is 343 g/mol. The molecule has 1 aliphatic heterocycles. The SMILES string of the molecule is COC(CN)CC(=O)N1CCC(COCc2ccccc2)C1.Cl. The number of hydrogen-bond acceptors (Lipinski definition) is 4. The third-order valence-corrected chi connectivity index (χ3v) is 4.10. The summed E-state index contributed by atoms with van der Waals surface area (Å²) in [6.07, 6.45) is 1.19. The molecule has 130 valence electrons. The Balaban J connectivity index is 0.00000264. The predicted octanol–water partition coefficient (Wildman–Crippen LogP) is 1.84. The van der Waals surface area contributed by atoms with Gasteiger partial charge in [-0.15, -0.1) is 12.4 Å². The lowest BCUT2D eigenvalue weighted by Crippen LogP contribution is -2.35. The molecule has 0 spiro atoms. The maximum Gasteiger partial charge on any atom is 0.225 e. The van der Waals surface area contributed by atoms with Crippen LogP contribution in [0.4, 0.5) is 0 Å². The number of likely N-dealkylation sites (tertiary alicyclic amines) is 1. The highest BCUT2D eigenvalue weighted by molar-refractivity contribution is 5.85. The molecule has 2 unspecified atom stereocenters. The molecule has 1 amide bonds. The molecule has 2 rings (SSSR count). The van der Waals surface area contributed by atoms with E-state index >= 15 is 0 Å². The Morgan fingerprint density at radius 3 is 2.78 bits per heavy atom. The van der Waals surface area contributed by atoms with Gasteiger partial charge in [0.25, 0.3) is 0 Å². The standard InChI is InChI=1S/C17H26N2O3.ClH/c1-21-16(10-18)9-17(20)19-8-7-15(11-19)13-22-12-14-5-3-2-4-6-14;/h2-6,15-16H,7-13,18H2,1H3;1H. The van der Waals surface area contributed by atoms with E-state index in [2.05, 4.69) is 12.1 Å². The van der Waals surface area contributed by atoms with Crippen molar-refractivity contribution in [1.82, 2.24) is 4.90 Å². The normalized spacial score (nSPS) is 18.5. The summed E-state index contributed by atoms with van der Waals surface area (Å²) < 4.78 is 10.9. The molecule has 1 saturated heterocycles. The molecule has 1 aliphatic rings. The van der Waals surface area contributed by atoms with Crippen LogP contribution in [0.2, 0.25) is 0 Å². The van der Waals surface area contributed by atoms with Gasteiger partial charge in [0.15, 0.2) is 0 Å². The van der Waals surface area contributed by atoms with E-state index in [1.807, 2.05) is 23.1 Å². The number of rotatable bonds is 8. The van der Waals surface area contributed by atoms with Gasteiger partial charge in [0, 0.05) is 32.7 Å². The molecule has 0 aromatic heterocycles. The Morgan fingerprint density at radius 2 is 2.13 bits per heavy atom. The van der Waals surface area contributed by atoms with Crippen LogP contribution in [0.5, 0.6) is 0 Å². The predicted molar refractivity (Wildman–Crippen MR) is 92.5 cm³/mol. The molecular formula is C17H27ClN2O3. The Kier molecular flexibility index (Phi) is 9.17. The zero-order valence-electron chi connectivity index (χ0n) is 13.6. The Hall–Kier alpha value is -1.14. The summed E-state index contributed by atoms with van der Waals surface area (Å²) in [5, 5.41) is 0. The van der Waals surface area contributed by atoms with E-state index in [0.717, 1.165) is 19.5 Å². The van der Waals surface area contributed by atoms with Gasteiger partial charge in [-0.1, -0.05) is 30.3 Å². The zero-order valence-corrected chi connectivity index (χ0v) is 14.5. The van der Waals surface area contributed by atoms with Crippen LogP contribution in [-0.2, 0) is 20.9 Å². The number of nitrogens with two attached hydrogens (primary N) is 1. The smallest absolute Gasteiger partial charge is 0.225 e. The van der Waals surface area contributed by atoms with Crippen molar-refractivity contribution in [2.45, 2.75) is 25.6 Å². The third-order valence-electron chi connectivity index (χ3n) is 4.10. The fourth-order valence-electron chi connectivity index (χ4n) is 2.70. The molecule has 1 fully saturated rings. The molecule has 2 atom stereocenters. The molecule has 6 heteroatoms. The number of amides is 1. The Labute approximate surface area is 144 Å². The number of carbonyl (C=O) groups is 1. The van der Waals surface area contributed by atoms with E-state index in [4.69, 9.17) is 15.2 Å². The Morgan fingerprint density at radius 1 is 1.39 bits per heavy atom. The van der Waals surface area contributed by atoms with Crippen LogP contribution in [0.1, 0.15) is 18.4 Å². The van der Waals surface area contributed by atoms with E-state index in [-0.39, 0.29) is 24.4 Å². The van der Waals surface area contributed by atoms with Crippen LogP contribution in [0, 0.1) is 5.92 Å². The fraction of sp³-hybridized carbons (Fsp3) is 0.588. The lowest BCUT2D eigenvalue weighted by molar-refractivity contribution is -0.132. The maximum atomic E-state index is 12.2. The van der Waals surface area contributed by atoms with Crippen molar-refractivity contribution in [3.05, 3.63) is 35.9 Å². The van der Waals surface area contributed by atoms with E-state index in [1.165, 1.54) is 5.56 Å². The molecule has 1 heterocycles. The maximum absolute atomic E-state index is 12.2. The summed E-state index contributed by atoms with van der Waals surface area (Å²) >= 11 is 0. The quantitative estimate of drug-likeness (QED) is 0.783. The summed E-state index contributed by atoms with van der Waals surface area (Å²) in [7, 11) is 1.59. The number of carbonyl (C=O) groups excluding carboxylic acids is 1. The van der Waals surface area contributed by atoms with Gasteiger partial charge in [-0.2, -0.15) is 0 Å². The minimum Gasteiger partial charge on any atom is -0.380 e. The van der Waals surface area contributed by atoms with E-state index < -0.39 is 0 Å². The van der Waals surface area contributed by atoms with Crippen LogP contribution < -0.4 is 5.73 Å². The molecule has 2 N–H and O–H groups in total. The molecular weight excluding hydrogens is 316 g/mol. The van der Waals surface area contributed by atoms with Crippen molar-refractivity contribution in [2.24, 2.45) is 11.7 Å². The van der Waals surface area contributed by atoms with Crippen LogP contribution >= 0.6 is 12.4 Å². The van der Waals surface area contributed by atoms with Gasteiger partial charge < -0.3 is 20.1 Å². The second-order valence-corrected chi connectivity index (χ2v) is 5.79. The number of ether oxygens (including phenoxy) is 2. The third kappa shape index (κ3) is 6.47. The molecule has 0 saturated carbocycles. The van der Waals surface area contributed by atoms with Crippen LogP contribution in [0.15, 0.2) is 30.3 Å². The minimum atomic E-state index is -0.180. The molecule has 23 heavy (non-hydrogen) atoms. The molecule has 1 aromatic rings. The first-order valence-corrected chi connectivity index (χ1v) is 7.85. The van der Waals surface area contributed by atoms with Gasteiger partial charge in [0.2, 0.25) is 5.91 Å². The second kappa shape index (κ2) is 10.6. The van der Waals surface area contributed by atoms with E-state index in [0.29, 0.717) is 32.1 Å². The molecule has 5 nitrogen and oxygen atoms in total. The molecule has 0 bridgehead atoms. The van der Waals surface area contributed by atoms with Crippen molar-refractivity contribution < 1.29 is 14.3 Å². The van der Waals surface area contributed by atoms with Gasteiger partial charge in [0.1, 0.15) is 0 Å². The molecule has 1 aromatic carbocycles. The van der Waals surface area contributed by atoms with Gasteiger partial charge >= 0.3 is 0 Å². The largest absolute Gasteiger partial charge is 0.380 e. The van der Waals surface area contributed by atoms with Gasteiger partial charge in [-0.3, -0.25) is 4.79 Å². The number of halogens is 1. The highest BCUT2D eigenvalue weighted by Crippen LogP contribution is 2.18. The first-order valence-electron chi connectivity index (χ1n) is 7.85. The minimum absolute atomic E-state index is 0. The van der Waals surface area contributed by atoms with E-state index in [9.17, 15) is 4.79 Å². The van der Waals surface area contributed by atoms with Gasteiger partial charge in [-0.25, -0.2) is 0 Å². The van der Waals surface area contributed by atoms with Crippen molar-refractivity contribution in [3.63, 3.8) is 0 Å². The highest BCUT2D eigenvalue weighted by atomic mass is 35.5. The van der Waals surface area contributed by atoms with Crippen molar-refractivity contribution in [1.29, 1.82) is 0 Å². The van der Waals surface area contributed by atoms with Gasteiger partial charge in [0.05, 0.1) is 25.7 Å². The summed E-state index contributed by atoms with van der Waals surface area (Å²) in [4.78, 5) is 14.1. The van der Waals surface area contributed by atoms with Crippen molar-refractivity contribution in [3.8, 4) is 0 Å². The Bertz CT molecular complexity index is 454.